The molecule has 4 aromatic rings. The van der Waals surface area contributed by atoms with Gasteiger partial charge in [0.15, 0.2) is 0 Å². The lowest BCUT2D eigenvalue weighted by Crippen LogP contribution is -2.33. The van der Waals surface area contributed by atoms with Crippen molar-refractivity contribution in [2.24, 2.45) is 0 Å². The van der Waals surface area contributed by atoms with Gasteiger partial charge in [0.2, 0.25) is 0 Å². The molecule has 0 amide bonds. The summed E-state index contributed by atoms with van der Waals surface area (Å²) in [5, 5.41) is 0.704. The molecule has 4 unspecified atom stereocenters. The highest BCUT2D eigenvalue weighted by atomic mass is 32.2. The number of fused-ring (bicyclic) bond motifs is 4. The average Bonchev–Trinajstić information content (AvgIpc) is 3.62. The van der Waals surface area contributed by atoms with E-state index in [1.165, 1.54) is 73.7 Å². The lowest BCUT2D eigenvalue weighted by molar-refractivity contribution is 0.618. The van der Waals surface area contributed by atoms with Gasteiger partial charge < -0.3 is 9.80 Å². The van der Waals surface area contributed by atoms with Gasteiger partial charge in [-0.15, -0.1) is 11.8 Å². The van der Waals surface area contributed by atoms with E-state index in [2.05, 4.69) is 146 Å². The molecule has 2 heterocycles. The molecule has 4 atom stereocenters. The smallest absolute Gasteiger partial charge is 0.0523 e. The number of rotatable bonds is 4. The van der Waals surface area contributed by atoms with Crippen LogP contribution in [-0.4, -0.2) is 12.1 Å². The van der Waals surface area contributed by atoms with Crippen LogP contribution in [0.25, 0.3) is 12.2 Å². The Balaban J connectivity index is 1.15. The van der Waals surface area contributed by atoms with Gasteiger partial charge in [-0.3, -0.25) is 0 Å². The summed E-state index contributed by atoms with van der Waals surface area (Å²) in [6.45, 7) is 9.41. The van der Waals surface area contributed by atoms with Gasteiger partial charge in [-0.25, -0.2) is 0 Å². The highest BCUT2D eigenvalue weighted by molar-refractivity contribution is 8.00. The fraction of sp³-hybridized carbons (Fsp3) is 0.282. The van der Waals surface area contributed by atoms with Crippen molar-refractivity contribution in [3.8, 4) is 0 Å². The van der Waals surface area contributed by atoms with Crippen molar-refractivity contribution in [3.05, 3.63) is 129 Å². The normalized spacial score (nSPS) is 23.7. The minimum absolute atomic E-state index is 0.352. The first-order valence-corrected chi connectivity index (χ1v) is 16.5. The summed E-state index contributed by atoms with van der Waals surface area (Å²) >= 11 is 2.12. The molecule has 0 N–H and O–H groups in total. The minimum Gasteiger partial charge on any atom is -0.338 e. The van der Waals surface area contributed by atoms with Crippen LogP contribution in [0.1, 0.15) is 78.0 Å². The van der Waals surface area contributed by atoms with E-state index >= 15 is 0 Å². The molecule has 210 valence electrons. The van der Waals surface area contributed by atoms with Gasteiger partial charge >= 0.3 is 0 Å². The predicted octanol–water partition coefficient (Wildman–Crippen LogP) is 10.6. The first-order valence-electron chi connectivity index (χ1n) is 15.5. The number of aryl methyl sites for hydroxylation is 1. The maximum atomic E-state index is 2.60. The monoisotopic (exact) mass is 566 g/mol. The Bertz CT molecular complexity index is 1780. The van der Waals surface area contributed by atoms with E-state index in [4.69, 9.17) is 0 Å². The number of para-hydroxylation sites is 2. The van der Waals surface area contributed by atoms with Crippen LogP contribution in [-0.2, 0) is 12.8 Å². The van der Waals surface area contributed by atoms with Crippen LogP contribution in [0.4, 0.5) is 22.7 Å². The van der Waals surface area contributed by atoms with Crippen molar-refractivity contribution >= 4 is 46.7 Å². The highest BCUT2D eigenvalue weighted by Gasteiger charge is 2.36. The highest BCUT2D eigenvalue weighted by Crippen LogP contribution is 2.57. The van der Waals surface area contributed by atoms with Gasteiger partial charge in [0.25, 0.3) is 0 Å². The summed E-state index contributed by atoms with van der Waals surface area (Å²) in [6, 6.07) is 32.8. The molecule has 0 aromatic heterocycles. The first kappa shape index (κ1) is 26.0. The molecule has 3 heteroatoms. The molecule has 0 spiro atoms. The van der Waals surface area contributed by atoms with Gasteiger partial charge in [0.1, 0.15) is 0 Å². The molecule has 2 aliphatic heterocycles. The summed E-state index contributed by atoms with van der Waals surface area (Å²) in [5.41, 5.74) is 17.0. The predicted molar refractivity (Wildman–Crippen MR) is 181 cm³/mol. The SMILES string of the molecule is CC1=Cc2c(cccc2N2c3ccccc3CCC2C)C1SC1C(C)=Cc2c1cccc2N1c2ccccc2CC1C. The summed E-state index contributed by atoms with van der Waals surface area (Å²) in [7, 11) is 0. The molecule has 42 heavy (non-hydrogen) atoms. The molecule has 0 saturated carbocycles. The average molecular weight is 567 g/mol. The fourth-order valence-electron chi connectivity index (χ4n) is 7.92. The van der Waals surface area contributed by atoms with Crippen molar-refractivity contribution in [3.63, 3.8) is 0 Å². The molecule has 2 aliphatic carbocycles. The second-order valence-corrected chi connectivity index (χ2v) is 13.9. The molecule has 2 nitrogen and oxygen atoms in total. The minimum atomic E-state index is 0.352. The molecule has 8 rings (SSSR count). The molecule has 4 aliphatic rings. The van der Waals surface area contributed by atoms with Crippen LogP contribution in [0, 0.1) is 0 Å². The molecule has 4 aromatic carbocycles. The zero-order valence-electron chi connectivity index (χ0n) is 25.0. The Morgan fingerprint density at radius 2 is 1.07 bits per heavy atom. The number of hydrogen-bond donors (Lipinski definition) is 0. The third-order valence-electron chi connectivity index (χ3n) is 9.89. The number of nitrogens with zero attached hydrogens (tertiary/aromatic N) is 2. The number of thioether (sulfide) groups is 1. The largest absolute Gasteiger partial charge is 0.338 e. The van der Waals surface area contributed by atoms with Gasteiger partial charge in [-0.1, -0.05) is 84.0 Å². The quantitative estimate of drug-likeness (QED) is 0.243. The van der Waals surface area contributed by atoms with E-state index in [-0.39, 0.29) is 0 Å². The lowest BCUT2D eigenvalue weighted by Gasteiger charge is -2.38. The van der Waals surface area contributed by atoms with Crippen LogP contribution in [0.3, 0.4) is 0 Å². The summed E-state index contributed by atoms with van der Waals surface area (Å²) in [5.74, 6) is 0. The molecular weight excluding hydrogens is 529 g/mol. The second kappa shape index (κ2) is 9.95. The first-order chi connectivity index (χ1) is 20.5. The van der Waals surface area contributed by atoms with Crippen molar-refractivity contribution < 1.29 is 0 Å². The Labute approximate surface area is 254 Å². The van der Waals surface area contributed by atoms with Gasteiger partial charge in [0.05, 0.1) is 10.5 Å². The van der Waals surface area contributed by atoms with Crippen molar-refractivity contribution in [1.82, 2.24) is 0 Å². The van der Waals surface area contributed by atoms with Crippen LogP contribution in [0.2, 0.25) is 0 Å². The Morgan fingerprint density at radius 1 is 0.571 bits per heavy atom. The van der Waals surface area contributed by atoms with E-state index in [0.717, 1.165) is 12.8 Å². The summed E-state index contributed by atoms with van der Waals surface area (Å²) in [6.07, 6.45) is 8.39. The Hall–Kier alpha value is -3.69. The van der Waals surface area contributed by atoms with Crippen LogP contribution in [0.15, 0.2) is 96.1 Å². The van der Waals surface area contributed by atoms with Crippen LogP contribution < -0.4 is 9.80 Å². The standard InChI is InChI=1S/C39H38N2S/c1-24-21-32-30(13-9-17-36(32)40-26(3)19-20-28-11-5-7-15-34(28)40)38(24)42-39-25(2)22-33-31(39)14-10-18-37(33)41-27(4)23-29-12-6-8-16-35(29)41/h5-18,21-22,26-27,38-39H,19-20,23H2,1-4H3. The van der Waals surface area contributed by atoms with Crippen LogP contribution >= 0.6 is 11.8 Å². The fourth-order valence-corrected chi connectivity index (χ4v) is 9.46. The van der Waals surface area contributed by atoms with E-state index in [9.17, 15) is 0 Å². The topological polar surface area (TPSA) is 6.48 Å². The van der Waals surface area contributed by atoms with Gasteiger partial charge in [-0.2, -0.15) is 0 Å². The number of anilines is 4. The number of hydrogen-bond acceptors (Lipinski definition) is 3. The maximum Gasteiger partial charge on any atom is 0.0523 e. The lowest BCUT2D eigenvalue weighted by atomic mass is 9.94. The van der Waals surface area contributed by atoms with Gasteiger partial charge in [-0.05, 0) is 93.5 Å². The molecule has 0 radical (unpaired) electrons. The molecule has 0 bridgehead atoms. The second-order valence-electron chi connectivity index (χ2n) is 12.7. The third kappa shape index (κ3) is 3.93. The number of benzene rings is 4. The summed E-state index contributed by atoms with van der Waals surface area (Å²) < 4.78 is 0. The van der Waals surface area contributed by atoms with Crippen molar-refractivity contribution in [1.29, 1.82) is 0 Å². The van der Waals surface area contributed by atoms with Crippen LogP contribution in [0.5, 0.6) is 0 Å². The van der Waals surface area contributed by atoms with E-state index < -0.39 is 0 Å². The Morgan fingerprint density at radius 3 is 1.69 bits per heavy atom. The zero-order chi connectivity index (χ0) is 28.5. The molecule has 0 saturated heterocycles. The summed E-state index contributed by atoms with van der Waals surface area (Å²) in [4.78, 5) is 5.18. The molecular formula is C39H38N2S. The van der Waals surface area contributed by atoms with Crippen molar-refractivity contribution in [2.45, 2.75) is 69.5 Å². The third-order valence-corrected chi connectivity index (χ3v) is 11.7. The van der Waals surface area contributed by atoms with Crippen molar-refractivity contribution in [2.75, 3.05) is 9.80 Å². The maximum absolute atomic E-state index is 2.60. The Kier molecular flexibility index (Phi) is 6.15. The van der Waals surface area contributed by atoms with E-state index in [1.54, 1.807) is 0 Å². The van der Waals surface area contributed by atoms with Gasteiger partial charge in [0, 0.05) is 46.0 Å². The molecule has 0 fully saturated rings. The zero-order valence-corrected chi connectivity index (χ0v) is 25.8. The van der Waals surface area contributed by atoms with E-state index in [0.29, 0.717) is 22.6 Å². The van der Waals surface area contributed by atoms with E-state index in [1.807, 2.05) is 0 Å².